The van der Waals surface area contributed by atoms with Crippen LogP contribution in [0, 0.1) is 5.39 Å². The van der Waals surface area contributed by atoms with E-state index in [9.17, 15) is 9.90 Å². The summed E-state index contributed by atoms with van der Waals surface area (Å²) in [5, 5.41) is 19.8. The number of esters is 1. The molecule has 0 atom stereocenters. The van der Waals surface area contributed by atoms with Crippen molar-refractivity contribution in [1.29, 1.82) is 5.39 Å². The first kappa shape index (κ1) is 15.8. The number of hydrogen-bond donors (Lipinski definition) is 1. The number of carbonyl (C=O) groups excluding carboxylic acids is 1. The molecule has 0 spiro atoms. The summed E-state index contributed by atoms with van der Waals surface area (Å²) in [5.41, 5.74) is 0.219. The van der Waals surface area contributed by atoms with E-state index in [0.717, 1.165) is 0 Å². The summed E-state index contributed by atoms with van der Waals surface area (Å²) in [6, 6.07) is 12.0. The third kappa shape index (κ3) is 3.76. The maximum absolute atomic E-state index is 11.9. The molecule has 0 unspecified atom stereocenters. The average Bonchev–Trinajstić information content (AvgIpc) is 2.50. The van der Waals surface area contributed by atoms with E-state index >= 15 is 0 Å². The number of hydrogen-bond acceptors (Lipinski definition) is 4. The van der Waals surface area contributed by atoms with Crippen molar-refractivity contribution in [3.05, 3.63) is 80.6 Å². The SMILES string of the molecule is N#[N+]/C(=C(/O)OC(=O)c1ccc(Cl)cc1)c1ccc(Cl)cc1. The molecule has 110 valence electrons. The van der Waals surface area contributed by atoms with Crippen LogP contribution in [0.1, 0.15) is 15.9 Å². The Labute approximate surface area is 136 Å². The van der Waals surface area contributed by atoms with Gasteiger partial charge in [0.15, 0.2) is 4.98 Å². The molecule has 1 N–H and O–H groups in total. The van der Waals surface area contributed by atoms with Crippen LogP contribution in [0.2, 0.25) is 10.0 Å². The Morgan fingerprint density at radius 3 is 1.86 bits per heavy atom. The Morgan fingerprint density at radius 2 is 1.41 bits per heavy atom. The fourth-order valence-electron chi connectivity index (χ4n) is 1.61. The van der Waals surface area contributed by atoms with Crippen molar-refractivity contribution in [1.82, 2.24) is 0 Å². The molecule has 0 aromatic heterocycles. The van der Waals surface area contributed by atoms with Crippen LogP contribution in [0.3, 0.4) is 0 Å². The molecule has 0 aliphatic carbocycles. The van der Waals surface area contributed by atoms with Crippen LogP contribution in [0.4, 0.5) is 0 Å². The molecule has 5 nitrogen and oxygen atoms in total. The highest BCUT2D eigenvalue weighted by Gasteiger charge is 2.26. The summed E-state index contributed by atoms with van der Waals surface area (Å²) >= 11 is 11.5. The Kier molecular flexibility index (Phi) is 4.99. The lowest BCUT2D eigenvalue weighted by atomic mass is 10.2. The first-order valence-electron chi connectivity index (χ1n) is 6.03. The van der Waals surface area contributed by atoms with Crippen molar-refractivity contribution >= 4 is 34.9 Å². The topological polar surface area (TPSA) is 74.7 Å². The molecule has 0 heterocycles. The normalized spacial score (nSPS) is 11.3. The average molecular weight is 336 g/mol. The summed E-state index contributed by atoms with van der Waals surface area (Å²) in [4.78, 5) is 14.8. The van der Waals surface area contributed by atoms with Gasteiger partial charge in [-0.1, -0.05) is 23.2 Å². The van der Waals surface area contributed by atoms with E-state index in [2.05, 4.69) is 4.98 Å². The van der Waals surface area contributed by atoms with Gasteiger partial charge in [-0.3, -0.25) is 0 Å². The minimum absolute atomic E-state index is 0.185. The Balaban J connectivity index is 2.26. The highest BCUT2D eigenvalue weighted by molar-refractivity contribution is 6.30. The number of aliphatic hydroxyl groups is 1. The highest BCUT2D eigenvalue weighted by Crippen LogP contribution is 2.22. The Hall–Kier alpha value is -2.55. The molecule has 0 amide bonds. The van der Waals surface area contributed by atoms with Gasteiger partial charge in [-0.05, 0) is 48.5 Å². The zero-order valence-electron chi connectivity index (χ0n) is 11.0. The van der Waals surface area contributed by atoms with Gasteiger partial charge in [-0.15, -0.1) is 0 Å². The lowest BCUT2D eigenvalue weighted by Crippen LogP contribution is -2.06. The molecule has 0 radical (unpaired) electrons. The number of benzene rings is 2. The molecule has 22 heavy (non-hydrogen) atoms. The zero-order valence-corrected chi connectivity index (χ0v) is 12.5. The van der Waals surface area contributed by atoms with Gasteiger partial charge in [0.05, 0.1) is 11.1 Å². The summed E-state index contributed by atoms with van der Waals surface area (Å²) in [6.07, 6.45) is 0. The fourth-order valence-corrected chi connectivity index (χ4v) is 1.86. The molecule has 0 bridgehead atoms. The van der Waals surface area contributed by atoms with E-state index in [4.69, 9.17) is 33.3 Å². The molecule has 0 aliphatic heterocycles. The maximum atomic E-state index is 11.9. The van der Waals surface area contributed by atoms with Crippen molar-refractivity contribution in [3.8, 4) is 0 Å². The van der Waals surface area contributed by atoms with Gasteiger partial charge in [0.1, 0.15) is 0 Å². The molecular formula is C15H9Cl2N2O3+. The van der Waals surface area contributed by atoms with Crippen LogP contribution in [-0.4, -0.2) is 11.1 Å². The second kappa shape index (κ2) is 6.94. The van der Waals surface area contributed by atoms with Crippen molar-refractivity contribution < 1.29 is 14.6 Å². The largest absolute Gasteiger partial charge is 0.475 e. The number of halogens is 2. The lowest BCUT2D eigenvalue weighted by molar-refractivity contribution is 0.0454. The van der Waals surface area contributed by atoms with E-state index in [1.165, 1.54) is 48.5 Å². The van der Waals surface area contributed by atoms with Crippen LogP contribution in [0.25, 0.3) is 10.7 Å². The van der Waals surface area contributed by atoms with E-state index in [0.29, 0.717) is 15.6 Å². The van der Waals surface area contributed by atoms with Crippen LogP contribution in [-0.2, 0) is 4.74 Å². The predicted octanol–water partition coefficient (Wildman–Crippen LogP) is 4.89. The molecule has 0 aliphatic rings. The van der Waals surface area contributed by atoms with E-state index in [1.54, 1.807) is 0 Å². The van der Waals surface area contributed by atoms with Crippen molar-refractivity contribution in [2.75, 3.05) is 0 Å². The quantitative estimate of drug-likeness (QED) is 0.492. The molecular weight excluding hydrogens is 327 g/mol. The standard InChI is InChI=1S/C15H8Cl2N2O3/c16-11-5-1-9(2-6-11)13(19-18)15(21)22-14(20)10-3-7-12(17)8-4-10/h1-8H/p+1/b15-13-. The number of ether oxygens (including phenoxy) is 1. The minimum atomic E-state index is -0.829. The van der Waals surface area contributed by atoms with Crippen molar-refractivity contribution in [2.24, 2.45) is 0 Å². The Morgan fingerprint density at radius 1 is 0.955 bits per heavy atom. The van der Waals surface area contributed by atoms with Crippen molar-refractivity contribution in [3.63, 3.8) is 0 Å². The van der Waals surface area contributed by atoms with Gasteiger partial charge in [0.25, 0.3) is 0 Å². The van der Waals surface area contributed by atoms with Gasteiger partial charge >= 0.3 is 17.6 Å². The van der Waals surface area contributed by atoms with Crippen LogP contribution < -0.4 is 0 Å². The van der Waals surface area contributed by atoms with Crippen LogP contribution in [0.15, 0.2) is 54.5 Å². The number of nitrogens with zero attached hydrogens (tertiary/aromatic N) is 2. The molecule has 7 heteroatoms. The first-order chi connectivity index (χ1) is 10.5. The monoisotopic (exact) mass is 335 g/mol. The molecule has 2 aromatic carbocycles. The van der Waals surface area contributed by atoms with Gasteiger partial charge in [-0.25, -0.2) is 4.79 Å². The second-order valence-electron chi connectivity index (χ2n) is 4.16. The molecule has 2 rings (SSSR count). The second-order valence-corrected chi connectivity index (χ2v) is 5.03. The minimum Gasteiger partial charge on any atom is -0.475 e. The summed E-state index contributed by atoms with van der Waals surface area (Å²) in [6.45, 7) is 0. The smallest absolute Gasteiger partial charge is 0.471 e. The number of carbonyl (C=O) groups is 1. The van der Waals surface area contributed by atoms with E-state index < -0.39 is 11.9 Å². The van der Waals surface area contributed by atoms with E-state index in [1.807, 2.05) is 0 Å². The summed E-state index contributed by atoms with van der Waals surface area (Å²) < 4.78 is 4.78. The van der Waals surface area contributed by atoms with Crippen molar-refractivity contribution in [2.45, 2.75) is 0 Å². The molecule has 0 saturated heterocycles. The van der Waals surface area contributed by atoms with Gasteiger partial charge in [0.2, 0.25) is 5.39 Å². The Bertz CT molecular complexity index is 763. The van der Waals surface area contributed by atoms with Gasteiger partial charge in [0, 0.05) is 10.0 Å². The zero-order chi connectivity index (χ0) is 16.1. The summed E-state index contributed by atoms with van der Waals surface area (Å²) in [5.74, 6) is -1.64. The lowest BCUT2D eigenvalue weighted by Gasteiger charge is -2.01. The fraction of sp³-hybridized carbons (Fsp3) is 0. The molecule has 0 fully saturated rings. The van der Waals surface area contributed by atoms with Gasteiger partial charge < -0.3 is 9.84 Å². The van der Waals surface area contributed by atoms with Crippen LogP contribution >= 0.6 is 23.2 Å². The highest BCUT2D eigenvalue weighted by atomic mass is 35.5. The maximum Gasteiger partial charge on any atom is 0.471 e. The number of rotatable bonds is 3. The number of diazo groups is 1. The third-order valence-electron chi connectivity index (χ3n) is 2.69. The molecule has 2 aromatic rings. The predicted molar refractivity (Wildman–Crippen MR) is 83.0 cm³/mol. The summed E-state index contributed by atoms with van der Waals surface area (Å²) in [7, 11) is 0. The van der Waals surface area contributed by atoms with Gasteiger partial charge in [-0.2, -0.15) is 0 Å². The number of aliphatic hydroxyl groups excluding tert-OH is 1. The first-order valence-corrected chi connectivity index (χ1v) is 6.79. The van der Waals surface area contributed by atoms with Crippen LogP contribution in [0.5, 0.6) is 0 Å². The molecule has 0 saturated carbocycles. The van der Waals surface area contributed by atoms with E-state index in [-0.39, 0.29) is 11.3 Å². The third-order valence-corrected chi connectivity index (χ3v) is 3.19.